The molecule has 0 aliphatic heterocycles. The highest BCUT2D eigenvalue weighted by Crippen LogP contribution is 2.44. The Morgan fingerprint density at radius 3 is 2.53 bits per heavy atom. The number of nitrogens with one attached hydrogen (secondary N) is 1. The van der Waals surface area contributed by atoms with E-state index in [1.54, 1.807) is 0 Å². The second-order valence-electron chi connectivity index (χ2n) is 5.69. The normalized spacial score (nSPS) is 17.5. The van der Waals surface area contributed by atoms with E-state index in [0.717, 1.165) is 43.2 Å². The zero-order valence-corrected chi connectivity index (χ0v) is 13.2. The Bertz CT molecular complexity index is 421. The van der Waals surface area contributed by atoms with Gasteiger partial charge in [0.2, 0.25) is 0 Å². The Labute approximate surface area is 121 Å². The maximum Gasteiger partial charge on any atom is 0.0850 e. The molecule has 1 saturated carbocycles. The van der Waals surface area contributed by atoms with Crippen LogP contribution in [-0.2, 0) is 19.4 Å². The van der Waals surface area contributed by atoms with Gasteiger partial charge < -0.3 is 5.32 Å². The van der Waals surface area contributed by atoms with E-state index >= 15 is 0 Å². The Morgan fingerprint density at radius 1 is 1.32 bits per heavy atom. The van der Waals surface area contributed by atoms with Crippen molar-refractivity contribution in [2.45, 2.75) is 59.4 Å². The molecule has 0 aromatic carbocycles. The Balaban J connectivity index is 2.19. The van der Waals surface area contributed by atoms with Gasteiger partial charge in [-0.15, -0.1) is 0 Å². The minimum atomic E-state index is 0.414. The lowest BCUT2D eigenvalue weighted by Gasteiger charge is -2.42. The van der Waals surface area contributed by atoms with Crippen LogP contribution >= 0.6 is 11.6 Å². The average molecular weight is 284 g/mol. The minimum Gasteiger partial charge on any atom is -0.316 e. The summed E-state index contributed by atoms with van der Waals surface area (Å²) in [7, 11) is 0. The molecule has 2 rings (SSSR count). The fourth-order valence-corrected chi connectivity index (χ4v) is 3.36. The van der Waals surface area contributed by atoms with Gasteiger partial charge in [-0.1, -0.05) is 31.9 Å². The standard InChI is InChI=1S/C15H26ClN3/c1-4-12-14(16)13(19(6-3)18-12)10-15(8-7-9-15)11-17-5-2/h17H,4-11H2,1-3H3. The molecule has 1 aromatic heterocycles. The third kappa shape index (κ3) is 2.97. The molecule has 0 amide bonds. The van der Waals surface area contributed by atoms with Crippen LogP contribution in [0.5, 0.6) is 0 Å². The van der Waals surface area contributed by atoms with E-state index < -0.39 is 0 Å². The van der Waals surface area contributed by atoms with Crippen LogP contribution in [0.2, 0.25) is 5.02 Å². The molecule has 1 aromatic rings. The molecule has 1 N–H and O–H groups in total. The lowest BCUT2D eigenvalue weighted by molar-refractivity contribution is 0.128. The van der Waals surface area contributed by atoms with Crippen molar-refractivity contribution in [3.63, 3.8) is 0 Å². The van der Waals surface area contributed by atoms with E-state index in [1.165, 1.54) is 25.0 Å². The highest BCUT2D eigenvalue weighted by atomic mass is 35.5. The SMILES string of the molecule is CCNCC1(Cc2c(Cl)c(CC)nn2CC)CCC1. The van der Waals surface area contributed by atoms with Crippen molar-refractivity contribution in [2.24, 2.45) is 5.41 Å². The lowest BCUT2D eigenvalue weighted by atomic mass is 9.66. The number of halogens is 1. The third-order valence-corrected chi connectivity index (χ3v) is 4.84. The molecule has 0 saturated heterocycles. The van der Waals surface area contributed by atoms with Gasteiger partial charge >= 0.3 is 0 Å². The van der Waals surface area contributed by atoms with E-state index in [9.17, 15) is 0 Å². The number of hydrogen-bond acceptors (Lipinski definition) is 2. The van der Waals surface area contributed by atoms with Crippen molar-refractivity contribution in [3.8, 4) is 0 Å². The van der Waals surface area contributed by atoms with Crippen LogP contribution in [0, 0.1) is 5.41 Å². The first-order chi connectivity index (χ1) is 9.15. The number of nitrogens with zero attached hydrogens (tertiary/aromatic N) is 2. The Kier molecular flexibility index (Phi) is 4.91. The van der Waals surface area contributed by atoms with Crippen LogP contribution in [0.25, 0.3) is 0 Å². The molecular formula is C15H26ClN3. The summed E-state index contributed by atoms with van der Waals surface area (Å²) in [6.45, 7) is 9.50. The van der Waals surface area contributed by atoms with Gasteiger partial charge in [0.1, 0.15) is 0 Å². The molecule has 0 atom stereocenters. The second-order valence-corrected chi connectivity index (χ2v) is 6.07. The smallest absolute Gasteiger partial charge is 0.0850 e. The number of hydrogen-bond donors (Lipinski definition) is 1. The van der Waals surface area contributed by atoms with Crippen LogP contribution in [0.1, 0.15) is 51.4 Å². The van der Waals surface area contributed by atoms with Gasteiger partial charge in [0.15, 0.2) is 0 Å². The summed E-state index contributed by atoms with van der Waals surface area (Å²) in [4.78, 5) is 0. The van der Waals surface area contributed by atoms with Crippen molar-refractivity contribution < 1.29 is 0 Å². The summed E-state index contributed by atoms with van der Waals surface area (Å²) in [5, 5.41) is 9.06. The number of rotatable bonds is 7. The second kappa shape index (κ2) is 6.27. The van der Waals surface area contributed by atoms with Crippen LogP contribution < -0.4 is 5.32 Å². The van der Waals surface area contributed by atoms with Crippen molar-refractivity contribution >= 4 is 11.6 Å². The molecule has 0 spiro atoms. The van der Waals surface area contributed by atoms with E-state index in [2.05, 4.69) is 35.9 Å². The molecule has 108 valence electrons. The first-order valence-corrected chi connectivity index (χ1v) is 7.98. The maximum atomic E-state index is 6.53. The van der Waals surface area contributed by atoms with Crippen LogP contribution in [0.3, 0.4) is 0 Å². The fraction of sp³-hybridized carbons (Fsp3) is 0.800. The summed E-state index contributed by atoms with van der Waals surface area (Å²) < 4.78 is 2.10. The topological polar surface area (TPSA) is 29.9 Å². The number of aromatic nitrogens is 2. The molecule has 1 aliphatic rings. The Hall–Kier alpha value is -0.540. The van der Waals surface area contributed by atoms with Crippen LogP contribution in [0.15, 0.2) is 0 Å². The summed E-state index contributed by atoms with van der Waals surface area (Å²) in [5.74, 6) is 0. The molecule has 3 nitrogen and oxygen atoms in total. The molecule has 1 heterocycles. The van der Waals surface area contributed by atoms with Gasteiger partial charge in [0, 0.05) is 13.1 Å². The fourth-order valence-electron chi connectivity index (χ4n) is 3.02. The van der Waals surface area contributed by atoms with E-state index in [4.69, 9.17) is 11.6 Å². The highest BCUT2D eigenvalue weighted by Gasteiger charge is 2.38. The first kappa shape index (κ1) is 14.9. The van der Waals surface area contributed by atoms with Crippen molar-refractivity contribution in [1.29, 1.82) is 0 Å². The van der Waals surface area contributed by atoms with Gasteiger partial charge in [-0.25, -0.2) is 0 Å². The third-order valence-electron chi connectivity index (χ3n) is 4.40. The molecule has 0 unspecified atom stereocenters. The first-order valence-electron chi connectivity index (χ1n) is 7.60. The van der Waals surface area contributed by atoms with E-state index in [0.29, 0.717) is 5.41 Å². The van der Waals surface area contributed by atoms with Crippen molar-refractivity contribution in [1.82, 2.24) is 15.1 Å². The summed E-state index contributed by atoms with van der Waals surface area (Å²) in [6.07, 6.45) is 5.96. The van der Waals surface area contributed by atoms with E-state index in [1.807, 2.05) is 0 Å². The molecular weight excluding hydrogens is 258 g/mol. The maximum absolute atomic E-state index is 6.53. The van der Waals surface area contributed by atoms with Gasteiger partial charge in [-0.05, 0) is 44.6 Å². The molecule has 1 aliphatic carbocycles. The molecule has 0 radical (unpaired) electrons. The summed E-state index contributed by atoms with van der Waals surface area (Å²) in [6, 6.07) is 0. The molecule has 0 bridgehead atoms. The summed E-state index contributed by atoms with van der Waals surface area (Å²) >= 11 is 6.53. The minimum absolute atomic E-state index is 0.414. The molecule has 1 fully saturated rings. The van der Waals surface area contributed by atoms with Gasteiger partial charge in [0.25, 0.3) is 0 Å². The van der Waals surface area contributed by atoms with Crippen molar-refractivity contribution in [2.75, 3.05) is 13.1 Å². The predicted molar refractivity (Wildman–Crippen MR) is 80.8 cm³/mol. The monoisotopic (exact) mass is 283 g/mol. The Morgan fingerprint density at radius 2 is 2.05 bits per heavy atom. The van der Waals surface area contributed by atoms with Gasteiger partial charge in [-0.3, -0.25) is 4.68 Å². The zero-order chi connectivity index (χ0) is 13.9. The molecule has 4 heteroatoms. The average Bonchev–Trinajstić information content (AvgIpc) is 2.68. The zero-order valence-electron chi connectivity index (χ0n) is 12.4. The number of aryl methyl sites for hydroxylation is 2. The summed E-state index contributed by atoms with van der Waals surface area (Å²) in [5.41, 5.74) is 2.72. The quantitative estimate of drug-likeness (QED) is 0.831. The largest absolute Gasteiger partial charge is 0.316 e. The van der Waals surface area contributed by atoms with Gasteiger partial charge in [-0.2, -0.15) is 5.10 Å². The van der Waals surface area contributed by atoms with Gasteiger partial charge in [0.05, 0.1) is 16.4 Å². The van der Waals surface area contributed by atoms with Crippen LogP contribution in [0.4, 0.5) is 0 Å². The van der Waals surface area contributed by atoms with E-state index in [-0.39, 0.29) is 0 Å². The highest BCUT2D eigenvalue weighted by molar-refractivity contribution is 6.31. The van der Waals surface area contributed by atoms with Crippen LogP contribution in [-0.4, -0.2) is 22.9 Å². The predicted octanol–water partition coefficient (Wildman–Crippen LogP) is 3.44. The lowest BCUT2D eigenvalue weighted by Crippen LogP contribution is -2.42. The molecule has 19 heavy (non-hydrogen) atoms. The van der Waals surface area contributed by atoms with Crippen molar-refractivity contribution in [3.05, 3.63) is 16.4 Å².